The topological polar surface area (TPSA) is 36.6 Å². The van der Waals surface area contributed by atoms with Crippen molar-refractivity contribution in [3.8, 4) is 0 Å². The summed E-state index contributed by atoms with van der Waals surface area (Å²) in [5.74, 6) is 1.68. The molecule has 1 aromatic rings. The molecule has 3 heteroatoms. The molecule has 0 spiro atoms. The second-order valence-electron chi connectivity index (χ2n) is 4.27. The first kappa shape index (κ1) is 9.74. The van der Waals surface area contributed by atoms with Gasteiger partial charge in [-0.15, -0.1) is 0 Å². The zero-order valence-corrected chi connectivity index (χ0v) is 8.52. The van der Waals surface area contributed by atoms with Gasteiger partial charge in [-0.25, -0.2) is 0 Å². The van der Waals surface area contributed by atoms with Gasteiger partial charge < -0.3 is 9.52 Å². The first-order valence-corrected chi connectivity index (χ1v) is 5.13. The second kappa shape index (κ2) is 4.15. The van der Waals surface area contributed by atoms with Gasteiger partial charge in [0, 0.05) is 6.54 Å². The maximum atomic E-state index is 9.15. The Bertz CT molecular complexity index is 265. The predicted octanol–water partition coefficient (Wildman–Crippen LogP) is 1.48. The van der Waals surface area contributed by atoms with Crippen LogP contribution in [0, 0.1) is 5.92 Å². The second-order valence-corrected chi connectivity index (χ2v) is 4.27. The Kier molecular flexibility index (Phi) is 2.89. The zero-order chi connectivity index (χ0) is 9.97. The zero-order valence-electron chi connectivity index (χ0n) is 8.52. The maximum Gasteiger partial charge on any atom is 0.117 e. The minimum Gasteiger partial charge on any atom is -0.468 e. The van der Waals surface area contributed by atoms with Crippen molar-refractivity contribution in [1.29, 1.82) is 0 Å². The lowest BCUT2D eigenvalue weighted by molar-refractivity contribution is 0.0266. The molecule has 0 atom stereocenters. The van der Waals surface area contributed by atoms with Crippen LogP contribution >= 0.6 is 0 Å². The SMILES string of the molecule is CN(Cc1ccco1)CC1CC(O)C1. The summed E-state index contributed by atoms with van der Waals surface area (Å²) in [7, 11) is 2.09. The van der Waals surface area contributed by atoms with Crippen LogP contribution in [0.2, 0.25) is 0 Å². The molecule has 1 aromatic heterocycles. The highest BCUT2D eigenvalue weighted by atomic mass is 16.3. The Hall–Kier alpha value is -0.800. The standard InChI is InChI=1S/C11H17NO2/c1-12(7-9-5-10(13)6-9)8-11-3-2-4-14-11/h2-4,9-10,13H,5-8H2,1H3. The lowest BCUT2D eigenvalue weighted by Gasteiger charge is -2.34. The fourth-order valence-corrected chi connectivity index (χ4v) is 2.02. The van der Waals surface area contributed by atoms with Crippen LogP contribution in [0.25, 0.3) is 0 Å². The lowest BCUT2D eigenvalue weighted by Crippen LogP contribution is -2.36. The van der Waals surface area contributed by atoms with Crippen molar-refractivity contribution in [2.45, 2.75) is 25.5 Å². The molecule has 1 fully saturated rings. The van der Waals surface area contributed by atoms with Gasteiger partial charge >= 0.3 is 0 Å². The maximum absolute atomic E-state index is 9.15. The fourth-order valence-electron chi connectivity index (χ4n) is 2.02. The van der Waals surface area contributed by atoms with Crippen LogP contribution in [-0.4, -0.2) is 29.7 Å². The van der Waals surface area contributed by atoms with Gasteiger partial charge in [-0.05, 0) is 37.9 Å². The summed E-state index contributed by atoms with van der Waals surface area (Å²) in [5.41, 5.74) is 0. The number of furan rings is 1. The van der Waals surface area contributed by atoms with Crippen molar-refractivity contribution < 1.29 is 9.52 Å². The van der Waals surface area contributed by atoms with E-state index < -0.39 is 0 Å². The van der Waals surface area contributed by atoms with Gasteiger partial charge in [0.1, 0.15) is 5.76 Å². The molecule has 1 heterocycles. The van der Waals surface area contributed by atoms with Gasteiger partial charge in [0.15, 0.2) is 0 Å². The molecule has 0 aliphatic heterocycles. The summed E-state index contributed by atoms with van der Waals surface area (Å²) in [6.45, 7) is 1.91. The van der Waals surface area contributed by atoms with E-state index in [-0.39, 0.29) is 6.10 Å². The molecule has 0 bridgehead atoms. The van der Waals surface area contributed by atoms with Crippen molar-refractivity contribution in [2.24, 2.45) is 5.92 Å². The number of hydrogen-bond acceptors (Lipinski definition) is 3. The average molecular weight is 195 g/mol. The average Bonchev–Trinajstić information content (AvgIpc) is 2.54. The quantitative estimate of drug-likeness (QED) is 0.790. The van der Waals surface area contributed by atoms with E-state index in [1.165, 1.54) is 0 Å². The Morgan fingerprint density at radius 1 is 1.57 bits per heavy atom. The van der Waals surface area contributed by atoms with E-state index in [0.717, 1.165) is 31.7 Å². The van der Waals surface area contributed by atoms with Gasteiger partial charge in [0.25, 0.3) is 0 Å². The van der Waals surface area contributed by atoms with Crippen molar-refractivity contribution in [3.05, 3.63) is 24.2 Å². The molecule has 0 amide bonds. The van der Waals surface area contributed by atoms with Crippen LogP contribution in [0.5, 0.6) is 0 Å². The fraction of sp³-hybridized carbons (Fsp3) is 0.636. The molecule has 14 heavy (non-hydrogen) atoms. The largest absolute Gasteiger partial charge is 0.468 e. The molecule has 3 nitrogen and oxygen atoms in total. The van der Waals surface area contributed by atoms with Gasteiger partial charge in [-0.2, -0.15) is 0 Å². The number of rotatable bonds is 4. The van der Waals surface area contributed by atoms with Crippen molar-refractivity contribution in [1.82, 2.24) is 4.90 Å². The first-order valence-electron chi connectivity index (χ1n) is 5.13. The smallest absolute Gasteiger partial charge is 0.117 e. The highest BCUT2D eigenvalue weighted by Crippen LogP contribution is 2.27. The Labute approximate surface area is 84.3 Å². The summed E-state index contributed by atoms with van der Waals surface area (Å²) < 4.78 is 5.27. The van der Waals surface area contributed by atoms with Crippen LogP contribution in [0.1, 0.15) is 18.6 Å². The first-order chi connectivity index (χ1) is 6.74. The van der Waals surface area contributed by atoms with E-state index in [0.29, 0.717) is 5.92 Å². The molecule has 0 unspecified atom stereocenters. The third-order valence-electron chi connectivity index (χ3n) is 2.79. The summed E-state index contributed by atoms with van der Waals surface area (Å²) in [5, 5.41) is 9.15. The molecule has 0 saturated heterocycles. The van der Waals surface area contributed by atoms with Gasteiger partial charge in [0.2, 0.25) is 0 Å². The number of hydrogen-bond donors (Lipinski definition) is 1. The van der Waals surface area contributed by atoms with Gasteiger partial charge in [-0.3, -0.25) is 4.90 Å². The molecule has 1 N–H and O–H groups in total. The van der Waals surface area contributed by atoms with Crippen LogP contribution in [0.4, 0.5) is 0 Å². The third-order valence-corrected chi connectivity index (χ3v) is 2.79. The number of aliphatic hydroxyl groups excluding tert-OH is 1. The Morgan fingerprint density at radius 2 is 2.36 bits per heavy atom. The van der Waals surface area contributed by atoms with Crippen molar-refractivity contribution in [2.75, 3.05) is 13.6 Å². The van der Waals surface area contributed by atoms with E-state index in [2.05, 4.69) is 11.9 Å². The Balaban J connectivity index is 1.71. The molecule has 0 aromatic carbocycles. The third kappa shape index (κ3) is 2.36. The van der Waals surface area contributed by atoms with Crippen LogP contribution < -0.4 is 0 Å². The molecule has 0 radical (unpaired) electrons. The van der Waals surface area contributed by atoms with E-state index in [1.54, 1.807) is 6.26 Å². The summed E-state index contributed by atoms with van der Waals surface area (Å²) >= 11 is 0. The Morgan fingerprint density at radius 3 is 2.93 bits per heavy atom. The van der Waals surface area contributed by atoms with E-state index in [1.807, 2.05) is 12.1 Å². The molecular formula is C11H17NO2. The van der Waals surface area contributed by atoms with Gasteiger partial charge in [0.05, 0.1) is 18.9 Å². The number of nitrogens with zero attached hydrogens (tertiary/aromatic N) is 1. The molecular weight excluding hydrogens is 178 g/mol. The summed E-state index contributed by atoms with van der Waals surface area (Å²) in [4.78, 5) is 2.25. The minimum atomic E-state index is -0.0444. The van der Waals surface area contributed by atoms with Crippen LogP contribution in [-0.2, 0) is 6.54 Å². The molecule has 1 saturated carbocycles. The van der Waals surface area contributed by atoms with E-state index in [4.69, 9.17) is 9.52 Å². The normalized spacial score (nSPS) is 26.5. The van der Waals surface area contributed by atoms with Crippen molar-refractivity contribution in [3.63, 3.8) is 0 Å². The van der Waals surface area contributed by atoms with E-state index in [9.17, 15) is 0 Å². The van der Waals surface area contributed by atoms with Crippen LogP contribution in [0.3, 0.4) is 0 Å². The summed E-state index contributed by atoms with van der Waals surface area (Å²) in [6.07, 6.45) is 3.58. The lowest BCUT2D eigenvalue weighted by atomic mass is 9.82. The molecule has 78 valence electrons. The monoisotopic (exact) mass is 195 g/mol. The molecule has 1 aliphatic rings. The van der Waals surface area contributed by atoms with Crippen LogP contribution in [0.15, 0.2) is 22.8 Å². The molecule has 2 rings (SSSR count). The van der Waals surface area contributed by atoms with Crippen molar-refractivity contribution >= 4 is 0 Å². The highest BCUT2D eigenvalue weighted by molar-refractivity contribution is 4.97. The molecule has 1 aliphatic carbocycles. The predicted molar refractivity (Wildman–Crippen MR) is 53.8 cm³/mol. The van der Waals surface area contributed by atoms with E-state index >= 15 is 0 Å². The van der Waals surface area contributed by atoms with Gasteiger partial charge in [-0.1, -0.05) is 0 Å². The summed E-state index contributed by atoms with van der Waals surface area (Å²) in [6, 6.07) is 3.91. The minimum absolute atomic E-state index is 0.0444. The number of aliphatic hydroxyl groups is 1. The highest BCUT2D eigenvalue weighted by Gasteiger charge is 2.27.